The van der Waals surface area contributed by atoms with Crippen molar-refractivity contribution in [3.05, 3.63) is 92.7 Å². The molecule has 0 saturated heterocycles. The minimum Gasteiger partial charge on any atom is -0.308 e. The van der Waals surface area contributed by atoms with E-state index in [-0.39, 0.29) is 10.7 Å². The number of carbonyl (C=O) groups is 2. The van der Waals surface area contributed by atoms with Crippen LogP contribution in [0.25, 0.3) is 0 Å². The summed E-state index contributed by atoms with van der Waals surface area (Å²) in [7, 11) is 0. The fraction of sp³-hybridized carbons (Fsp3) is 0.0952. The summed E-state index contributed by atoms with van der Waals surface area (Å²) in [5, 5.41) is 5.06. The first kappa shape index (κ1) is 23.8. The summed E-state index contributed by atoms with van der Waals surface area (Å²) in [5.41, 5.74) is -0.533. The number of nitrogens with one attached hydrogen (secondary N) is 2. The van der Waals surface area contributed by atoms with Crippen LogP contribution < -0.4 is 10.6 Å². The molecule has 3 amide bonds. The van der Waals surface area contributed by atoms with Gasteiger partial charge in [-0.3, -0.25) is 15.1 Å². The number of nitrogens with zero attached hydrogens (tertiary/aromatic N) is 1. The second kappa shape index (κ2) is 9.77. The topological polar surface area (TPSA) is 71.1 Å². The summed E-state index contributed by atoms with van der Waals surface area (Å²) in [6.07, 6.45) is -4.09. The minimum atomic E-state index is -4.66. The van der Waals surface area contributed by atoms with Crippen molar-refractivity contribution in [2.45, 2.75) is 12.1 Å². The van der Waals surface area contributed by atoms with E-state index in [0.29, 0.717) is 33.6 Å². The van der Waals surface area contributed by atoms with E-state index in [1.165, 1.54) is 36.4 Å². The maximum absolute atomic E-state index is 13.0. The van der Waals surface area contributed by atoms with Gasteiger partial charge in [-0.2, -0.15) is 13.2 Å². The van der Waals surface area contributed by atoms with Crippen molar-refractivity contribution in [1.29, 1.82) is 0 Å². The molecule has 1 heterocycles. The first-order valence-electron chi connectivity index (χ1n) is 8.90. The van der Waals surface area contributed by atoms with Crippen LogP contribution in [0, 0.1) is 0 Å². The van der Waals surface area contributed by atoms with E-state index in [9.17, 15) is 22.8 Å². The number of hydrogen-bond acceptors (Lipinski definition) is 3. The summed E-state index contributed by atoms with van der Waals surface area (Å²) >= 11 is 17.7. The van der Waals surface area contributed by atoms with Gasteiger partial charge in [0.2, 0.25) is 5.91 Å². The average molecular weight is 503 g/mol. The Labute approximate surface area is 195 Å². The van der Waals surface area contributed by atoms with E-state index in [1.54, 1.807) is 12.1 Å². The molecule has 1 aromatic heterocycles. The highest BCUT2D eigenvalue weighted by Crippen LogP contribution is 2.35. The number of alkyl halides is 3. The Bertz CT molecular complexity index is 1140. The number of urea groups is 1. The predicted octanol–water partition coefficient (Wildman–Crippen LogP) is 6.54. The van der Waals surface area contributed by atoms with Crippen LogP contribution in [-0.2, 0) is 11.0 Å². The number of benzene rings is 2. The zero-order valence-corrected chi connectivity index (χ0v) is 18.2. The lowest BCUT2D eigenvalue weighted by Crippen LogP contribution is -2.38. The average Bonchev–Trinajstić information content (AvgIpc) is 2.71. The van der Waals surface area contributed by atoms with Crippen LogP contribution in [-0.4, -0.2) is 16.9 Å². The lowest BCUT2D eigenvalue weighted by Gasteiger charge is -2.19. The van der Waals surface area contributed by atoms with E-state index in [2.05, 4.69) is 15.6 Å². The monoisotopic (exact) mass is 501 g/mol. The van der Waals surface area contributed by atoms with E-state index < -0.39 is 29.6 Å². The molecule has 1 atom stereocenters. The number of amides is 3. The molecule has 0 bridgehead atoms. The van der Waals surface area contributed by atoms with E-state index in [4.69, 9.17) is 34.8 Å². The highest BCUT2D eigenvalue weighted by Gasteiger charge is 2.34. The van der Waals surface area contributed by atoms with Crippen molar-refractivity contribution >= 4 is 52.4 Å². The summed E-state index contributed by atoms with van der Waals surface area (Å²) in [4.78, 5) is 29.0. The molecule has 0 saturated carbocycles. The maximum atomic E-state index is 13.0. The van der Waals surface area contributed by atoms with Gasteiger partial charge in [0, 0.05) is 21.9 Å². The number of rotatable bonds is 4. The molecule has 3 rings (SSSR count). The van der Waals surface area contributed by atoms with Gasteiger partial charge in [-0.05, 0) is 48.0 Å². The summed E-state index contributed by atoms with van der Waals surface area (Å²) in [6.45, 7) is 0. The van der Waals surface area contributed by atoms with Crippen molar-refractivity contribution < 1.29 is 22.8 Å². The minimum absolute atomic E-state index is 0.154. The molecule has 2 N–H and O–H groups in total. The van der Waals surface area contributed by atoms with E-state index in [1.807, 2.05) is 0 Å². The fourth-order valence-corrected chi connectivity index (χ4v) is 3.31. The van der Waals surface area contributed by atoms with Crippen LogP contribution in [0.2, 0.25) is 15.1 Å². The first-order chi connectivity index (χ1) is 15.0. The molecule has 32 heavy (non-hydrogen) atoms. The molecule has 0 aliphatic rings. The zero-order valence-electron chi connectivity index (χ0n) is 15.9. The Morgan fingerprint density at radius 3 is 2.00 bits per heavy atom. The molecule has 0 aliphatic heterocycles. The van der Waals surface area contributed by atoms with Gasteiger partial charge in [-0.1, -0.05) is 46.9 Å². The van der Waals surface area contributed by atoms with Gasteiger partial charge in [0.25, 0.3) is 0 Å². The number of halogens is 6. The first-order valence-corrected chi connectivity index (χ1v) is 10.0. The van der Waals surface area contributed by atoms with Crippen molar-refractivity contribution in [1.82, 2.24) is 10.3 Å². The number of carbonyl (C=O) groups excluding carboxylic acids is 2. The number of aromatic nitrogens is 1. The van der Waals surface area contributed by atoms with Gasteiger partial charge in [-0.15, -0.1) is 0 Å². The molecule has 0 spiro atoms. The Morgan fingerprint density at radius 1 is 0.906 bits per heavy atom. The maximum Gasteiger partial charge on any atom is 0.417 e. The van der Waals surface area contributed by atoms with Gasteiger partial charge in [0.1, 0.15) is 5.92 Å². The van der Waals surface area contributed by atoms with Crippen LogP contribution in [0.15, 0.2) is 60.8 Å². The molecule has 5 nitrogen and oxygen atoms in total. The smallest absolute Gasteiger partial charge is 0.308 e. The lowest BCUT2D eigenvalue weighted by molar-refractivity contribution is -0.137. The van der Waals surface area contributed by atoms with Crippen LogP contribution in [0.4, 0.5) is 23.7 Å². The standard InChI is InChI=1S/C21H13Cl3F3N3O2/c22-13-3-1-11(2-4-13)17(18-16(24)9-12(10-28-18)21(25,26)27)19(31)30-20(32)29-15-7-5-14(23)6-8-15/h1-10,17H,(H2,29,30,31,32)/t17-/m0/s1. The predicted molar refractivity (Wildman–Crippen MR) is 116 cm³/mol. The number of anilines is 1. The van der Waals surface area contributed by atoms with Crippen LogP contribution in [0.3, 0.4) is 0 Å². The van der Waals surface area contributed by atoms with E-state index >= 15 is 0 Å². The molecule has 0 unspecified atom stereocenters. The van der Waals surface area contributed by atoms with Gasteiger partial charge in [-0.25, -0.2) is 4.79 Å². The second-order valence-electron chi connectivity index (χ2n) is 6.52. The highest BCUT2D eigenvalue weighted by atomic mass is 35.5. The Kier molecular flexibility index (Phi) is 7.28. The van der Waals surface area contributed by atoms with Crippen LogP contribution in [0.1, 0.15) is 22.7 Å². The number of pyridine rings is 1. The summed E-state index contributed by atoms with van der Waals surface area (Å²) in [5.74, 6) is -2.13. The van der Waals surface area contributed by atoms with E-state index in [0.717, 1.165) is 0 Å². The quantitative estimate of drug-likeness (QED) is 0.425. The van der Waals surface area contributed by atoms with Crippen molar-refractivity contribution in [2.24, 2.45) is 0 Å². The largest absolute Gasteiger partial charge is 0.417 e. The lowest BCUT2D eigenvalue weighted by atomic mass is 9.93. The number of imide groups is 1. The van der Waals surface area contributed by atoms with Gasteiger partial charge >= 0.3 is 12.2 Å². The van der Waals surface area contributed by atoms with Crippen LogP contribution in [0.5, 0.6) is 0 Å². The molecule has 3 aromatic rings. The molecule has 11 heteroatoms. The molecular formula is C21H13Cl3F3N3O2. The van der Waals surface area contributed by atoms with Gasteiger partial charge in [0.15, 0.2) is 0 Å². The van der Waals surface area contributed by atoms with Crippen molar-refractivity contribution in [3.8, 4) is 0 Å². The molecule has 0 aliphatic carbocycles. The SMILES string of the molecule is O=C(NC(=O)[C@@H](c1ccc(Cl)cc1)c1ncc(C(F)(F)F)cc1Cl)Nc1ccc(Cl)cc1. The molecule has 2 aromatic carbocycles. The molecule has 0 radical (unpaired) electrons. The third-order valence-corrected chi connectivity index (χ3v) is 5.08. The third-order valence-electron chi connectivity index (χ3n) is 4.27. The molecule has 166 valence electrons. The van der Waals surface area contributed by atoms with Gasteiger partial charge in [0.05, 0.1) is 16.3 Å². The highest BCUT2D eigenvalue weighted by molar-refractivity contribution is 6.32. The third kappa shape index (κ3) is 5.91. The Balaban J connectivity index is 1.91. The number of hydrogen-bond donors (Lipinski definition) is 2. The fourth-order valence-electron chi connectivity index (χ4n) is 2.78. The van der Waals surface area contributed by atoms with Crippen molar-refractivity contribution in [3.63, 3.8) is 0 Å². The Hall–Kier alpha value is -2.81. The van der Waals surface area contributed by atoms with Crippen molar-refractivity contribution in [2.75, 3.05) is 5.32 Å². The Morgan fingerprint density at radius 2 is 1.47 bits per heavy atom. The molecule has 0 fully saturated rings. The normalized spacial score (nSPS) is 12.2. The summed E-state index contributed by atoms with van der Waals surface area (Å²) < 4.78 is 38.9. The summed E-state index contributed by atoms with van der Waals surface area (Å²) in [6, 6.07) is 11.9. The van der Waals surface area contributed by atoms with Gasteiger partial charge < -0.3 is 5.32 Å². The second-order valence-corrected chi connectivity index (χ2v) is 7.80. The van der Waals surface area contributed by atoms with Crippen LogP contribution >= 0.6 is 34.8 Å². The zero-order chi connectivity index (χ0) is 23.5. The molecular weight excluding hydrogens is 490 g/mol.